The minimum Gasteiger partial charge on any atom is -0.493 e. The van der Waals surface area contributed by atoms with Gasteiger partial charge in [0.1, 0.15) is 5.82 Å². The van der Waals surface area contributed by atoms with Crippen molar-refractivity contribution in [2.24, 2.45) is 0 Å². The largest absolute Gasteiger partial charge is 0.493 e. The molecule has 0 bridgehead atoms. The van der Waals surface area contributed by atoms with Crippen LogP contribution in [0.25, 0.3) is 0 Å². The number of rotatable bonds is 4. The predicted molar refractivity (Wildman–Crippen MR) is 63.2 cm³/mol. The molecule has 2 rings (SSSR count). The number of benzene rings is 1. The van der Waals surface area contributed by atoms with Crippen molar-refractivity contribution in [3.05, 3.63) is 47.9 Å². The Morgan fingerprint density at radius 1 is 1.28 bits per heavy atom. The van der Waals surface area contributed by atoms with Crippen molar-refractivity contribution >= 4 is 0 Å². The van der Waals surface area contributed by atoms with Gasteiger partial charge in [-0.25, -0.2) is 9.37 Å². The van der Waals surface area contributed by atoms with Crippen molar-refractivity contribution in [3.8, 4) is 17.4 Å². The third-order valence-corrected chi connectivity index (χ3v) is 2.34. The molecule has 5 heteroatoms. The van der Waals surface area contributed by atoms with Crippen LogP contribution in [0.2, 0.25) is 0 Å². The molecule has 2 aromatic rings. The first-order chi connectivity index (χ1) is 8.74. The van der Waals surface area contributed by atoms with Gasteiger partial charge in [0.2, 0.25) is 5.88 Å². The first kappa shape index (κ1) is 12.3. The van der Waals surface area contributed by atoms with Crippen molar-refractivity contribution in [2.75, 3.05) is 7.11 Å². The van der Waals surface area contributed by atoms with E-state index >= 15 is 0 Å². The molecule has 18 heavy (non-hydrogen) atoms. The SMILES string of the molecule is COc1ccccc1Oc1ncc(F)cc1CO. The number of ether oxygens (including phenoxy) is 2. The number of aromatic nitrogens is 1. The van der Waals surface area contributed by atoms with Gasteiger partial charge in [-0.2, -0.15) is 0 Å². The molecule has 0 spiro atoms. The fourth-order valence-electron chi connectivity index (χ4n) is 1.48. The van der Waals surface area contributed by atoms with Crippen molar-refractivity contribution in [3.63, 3.8) is 0 Å². The van der Waals surface area contributed by atoms with Crippen LogP contribution in [0.15, 0.2) is 36.5 Å². The van der Waals surface area contributed by atoms with Crippen LogP contribution in [0.3, 0.4) is 0 Å². The Labute approximate surface area is 104 Å². The quantitative estimate of drug-likeness (QED) is 0.904. The Hall–Kier alpha value is -2.14. The van der Waals surface area contributed by atoms with Crippen molar-refractivity contribution < 1.29 is 19.0 Å². The van der Waals surface area contributed by atoms with Gasteiger partial charge in [-0.1, -0.05) is 12.1 Å². The van der Waals surface area contributed by atoms with Crippen molar-refractivity contribution in [1.82, 2.24) is 4.98 Å². The minimum atomic E-state index is -0.522. The van der Waals surface area contributed by atoms with Crippen molar-refractivity contribution in [1.29, 1.82) is 0 Å². The van der Waals surface area contributed by atoms with Crippen LogP contribution in [0.4, 0.5) is 4.39 Å². The topological polar surface area (TPSA) is 51.6 Å². The summed E-state index contributed by atoms with van der Waals surface area (Å²) in [4.78, 5) is 3.81. The van der Waals surface area contributed by atoms with Crippen molar-refractivity contribution in [2.45, 2.75) is 6.61 Å². The second-order valence-electron chi connectivity index (χ2n) is 3.53. The lowest BCUT2D eigenvalue weighted by atomic mass is 10.3. The smallest absolute Gasteiger partial charge is 0.225 e. The van der Waals surface area contributed by atoms with Crippen LogP contribution < -0.4 is 9.47 Å². The molecule has 0 atom stereocenters. The molecule has 1 aromatic carbocycles. The molecule has 4 nitrogen and oxygen atoms in total. The maximum Gasteiger partial charge on any atom is 0.225 e. The van der Waals surface area contributed by atoms with E-state index in [4.69, 9.17) is 14.6 Å². The summed E-state index contributed by atoms with van der Waals surface area (Å²) in [6.45, 7) is -0.352. The van der Waals surface area contributed by atoms with E-state index in [0.29, 0.717) is 11.5 Å². The van der Waals surface area contributed by atoms with E-state index in [1.807, 2.05) is 0 Å². The molecule has 0 saturated carbocycles. The predicted octanol–water partition coefficient (Wildman–Crippen LogP) is 2.51. The van der Waals surface area contributed by atoms with E-state index in [1.54, 1.807) is 24.3 Å². The first-order valence-electron chi connectivity index (χ1n) is 5.30. The zero-order valence-electron chi connectivity index (χ0n) is 9.76. The van der Waals surface area contributed by atoms with Crippen LogP contribution in [0.5, 0.6) is 17.4 Å². The number of aliphatic hydroxyl groups excluding tert-OH is 1. The van der Waals surface area contributed by atoms with E-state index < -0.39 is 5.82 Å². The molecule has 1 aromatic heterocycles. The highest BCUT2D eigenvalue weighted by atomic mass is 19.1. The lowest BCUT2D eigenvalue weighted by molar-refractivity contribution is 0.273. The maximum atomic E-state index is 13.0. The van der Waals surface area contributed by atoms with Gasteiger partial charge >= 0.3 is 0 Å². The molecule has 0 aliphatic rings. The summed E-state index contributed by atoms with van der Waals surface area (Å²) in [6, 6.07) is 8.19. The molecule has 1 N–H and O–H groups in total. The molecule has 0 radical (unpaired) electrons. The van der Waals surface area contributed by atoms with Gasteiger partial charge in [0.05, 0.1) is 19.9 Å². The van der Waals surface area contributed by atoms with Gasteiger partial charge in [-0.05, 0) is 18.2 Å². The number of methoxy groups -OCH3 is 1. The van der Waals surface area contributed by atoms with Crippen LogP contribution in [-0.4, -0.2) is 17.2 Å². The fraction of sp³-hybridized carbons (Fsp3) is 0.154. The summed E-state index contributed by atoms with van der Waals surface area (Å²) >= 11 is 0. The maximum absolute atomic E-state index is 13.0. The molecule has 0 amide bonds. The molecule has 0 unspecified atom stereocenters. The Kier molecular flexibility index (Phi) is 3.74. The normalized spacial score (nSPS) is 10.2. The van der Waals surface area contributed by atoms with Gasteiger partial charge in [0.15, 0.2) is 11.5 Å². The van der Waals surface area contributed by atoms with Gasteiger partial charge in [-0.3, -0.25) is 0 Å². The summed E-state index contributed by atoms with van der Waals surface area (Å²) in [5, 5.41) is 9.13. The van der Waals surface area contributed by atoms with Crippen LogP contribution in [-0.2, 0) is 6.61 Å². The number of pyridine rings is 1. The lowest BCUT2D eigenvalue weighted by Crippen LogP contribution is -1.97. The Morgan fingerprint density at radius 2 is 2.00 bits per heavy atom. The fourth-order valence-corrected chi connectivity index (χ4v) is 1.48. The number of para-hydroxylation sites is 2. The summed E-state index contributed by atoms with van der Waals surface area (Å²) in [6.07, 6.45) is 1.03. The highest BCUT2D eigenvalue weighted by Gasteiger charge is 2.10. The zero-order valence-corrected chi connectivity index (χ0v) is 9.76. The third kappa shape index (κ3) is 2.57. The van der Waals surface area contributed by atoms with Crippen LogP contribution in [0, 0.1) is 5.82 Å². The lowest BCUT2D eigenvalue weighted by Gasteiger charge is -2.11. The number of halogens is 1. The highest BCUT2D eigenvalue weighted by molar-refractivity contribution is 5.42. The van der Waals surface area contributed by atoms with Crippen LogP contribution >= 0.6 is 0 Å². The van der Waals surface area contributed by atoms with E-state index in [9.17, 15) is 4.39 Å². The van der Waals surface area contributed by atoms with Gasteiger partial charge in [-0.15, -0.1) is 0 Å². The number of aliphatic hydroxyl groups is 1. The monoisotopic (exact) mass is 249 g/mol. The Bertz CT molecular complexity index is 546. The van der Waals surface area contributed by atoms with E-state index in [-0.39, 0.29) is 18.1 Å². The average molecular weight is 249 g/mol. The zero-order chi connectivity index (χ0) is 13.0. The van der Waals surface area contributed by atoms with E-state index in [1.165, 1.54) is 13.2 Å². The Balaban J connectivity index is 2.33. The highest BCUT2D eigenvalue weighted by Crippen LogP contribution is 2.31. The van der Waals surface area contributed by atoms with E-state index in [0.717, 1.165) is 6.20 Å². The van der Waals surface area contributed by atoms with Gasteiger partial charge in [0.25, 0.3) is 0 Å². The molecule has 0 saturated heterocycles. The number of hydrogen-bond acceptors (Lipinski definition) is 4. The van der Waals surface area contributed by atoms with Gasteiger partial charge in [0, 0.05) is 5.56 Å². The standard InChI is InChI=1S/C13H12FNO3/c1-17-11-4-2-3-5-12(11)18-13-9(8-16)6-10(14)7-15-13/h2-7,16H,8H2,1H3. The number of hydrogen-bond donors (Lipinski definition) is 1. The second-order valence-corrected chi connectivity index (χ2v) is 3.53. The Morgan fingerprint density at radius 3 is 2.67 bits per heavy atom. The molecule has 0 aliphatic heterocycles. The summed E-state index contributed by atoms with van der Waals surface area (Å²) < 4.78 is 23.6. The minimum absolute atomic E-state index is 0.156. The van der Waals surface area contributed by atoms with E-state index in [2.05, 4.69) is 4.98 Å². The summed E-state index contributed by atoms with van der Waals surface area (Å²) in [5.74, 6) is 0.621. The average Bonchev–Trinajstić information content (AvgIpc) is 2.41. The molecule has 0 fully saturated rings. The first-order valence-corrected chi connectivity index (χ1v) is 5.30. The molecule has 94 valence electrons. The summed E-state index contributed by atoms with van der Waals surface area (Å²) in [7, 11) is 1.52. The molecular formula is C13H12FNO3. The van der Waals surface area contributed by atoms with Crippen LogP contribution in [0.1, 0.15) is 5.56 Å². The summed E-state index contributed by atoms with van der Waals surface area (Å²) in [5.41, 5.74) is 0.279. The molecule has 1 heterocycles. The molecule has 0 aliphatic carbocycles. The second kappa shape index (κ2) is 5.46. The van der Waals surface area contributed by atoms with Gasteiger partial charge < -0.3 is 14.6 Å². The number of nitrogens with zero attached hydrogens (tertiary/aromatic N) is 1. The molecular weight excluding hydrogens is 237 g/mol. The third-order valence-electron chi connectivity index (χ3n) is 2.34.